The highest BCUT2D eigenvalue weighted by Gasteiger charge is 2.29. The predicted molar refractivity (Wildman–Crippen MR) is 106 cm³/mol. The number of benzene rings is 1. The van der Waals surface area contributed by atoms with E-state index in [2.05, 4.69) is 27.8 Å². The van der Waals surface area contributed by atoms with Crippen molar-refractivity contribution < 1.29 is 4.79 Å². The summed E-state index contributed by atoms with van der Waals surface area (Å²) in [6.45, 7) is 3.59. The zero-order chi connectivity index (χ0) is 20.3. The van der Waals surface area contributed by atoms with E-state index >= 15 is 0 Å². The number of carbonyl (C=O) groups excluding carboxylic acids is 1. The van der Waals surface area contributed by atoms with Crippen LogP contribution in [0.1, 0.15) is 35.7 Å². The number of aromatic nitrogens is 1. The third kappa shape index (κ3) is 3.55. The molecule has 0 unspecified atom stereocenters. The topological polar surface area (TPSA) is 128 Å². The second-order valence-corrected chi connectivity index (χ2v) is 6.39. The van der Waals surface area contributed by atoms with Crippen LogP contribution in [-0.2, 0) is 0 Å². The molecule has 1 aromatic carbocycles. The van der Waals surface area contributed by atoms with Crippen LogP contribution < -0.4 is 16.4 Å². The molecule has 7 nitrogen and oxygen atoms in total. The van der Waals surface area contributed by atoms with Crippen molar-refractivity contribution in [3.63, 3.8) is 0 Å². The molecule has 0 aliphatic carbocycles. The van der Waals surface area contributed by atoms with Gasteiger partial charge in [0.05, 0.1) is 29.2 Å². The Labute approximate surface area is 162 Å². The summed E-state index contributed by atoms with van der Waals surface area (Å²) in [6, 6.07) is 16.2. The van der Waals surface area contributed by atoms with E-state index in [1.807, 2.05) is 0 Å². The number of hydrogen-bond donors (Lipinski definition) is 3. The molecule has 0 fully saturated rings. The Bertz CT molecular complexity index is 1060. The van der Waals surface area contributed by atoms with Crippen LogP contribution in [0.2, 0.25) is 0 Å². The molecule has 0 saturated carbocycles. The number of nitrogens with zero attached hydrogens (tertiary/aromatic N) is 3. The second kappa shape index (κ2) is 7.65. The van der Waals surface area contributed by atoms with Crippen LogP contribution in [-0.4, -0.2) is 10.9 Å². The number of carbonyl (C=O) groups is 1. The fourth-order valence-electron chi connectivity index (χ4n) is 3.19. The average Bonchev–Trinajstić information content (AvgIpc) is 2.67. The molecule has 0 radical (unpaired) electrons. The molecule has 3 rings (SSSR count). The lowest BCUT2D eigenvalue weighted by Gasteiger charge is -2.26. The van der Waals surface area contributed by atoms with Gasteiger partial charge in [-0.3, -0.25) is 4.79 Å². The standard InChI is InChI=1S/C21H18N6O/c1-12-16(10-22)20(17(11-23)13(2)25-12)14-5-3-6-15(9-14)21(28)27-19-8-4-7-18(24)26-19/h3-9,20,25H,1-2H3,(H3,24,26,27,28). The minimum Gasteiger partial charge on any atom is -0.384 e. The van der Waals surface area contributed by atoms with E-state index in [1.165, 1.54) is 0 Å². The van der Waals surface area contributed by atoms with Crippen molar-refractivity contribution in [3.05, 3.63) is 76.1 Å². The first-order valence-electron chi connectivity index (χ1n) is 8.57. The van der Waals surface area contributed by atoms with E-state index < -0.39 is 5.92 Å². The number of pyridine rings is 1. The number of nitrogens with one attached hydrogen (secondary N) is 2. The average molecular weight is 370 g/mol. The van der Waals surface area contributed by atoms with Gasteiger partial charge in [-0.1, -0.05) is 18.2 Å². The van der Waals surface area contributed by atoms with Crippen LogP contribution in [0.25, 0.3) is 0 Å². The van der Waals surface area contributed by atoms with E-state index in [0.29, 0.717) is 45.3 Å². The van der Waals surface area contributed by atoms with E-state index in [-0.39, 0.29) is 5.91 Å². The third-order valence-electron chi connectivity index (χ3n) is 4.50. The Morgan fingerprint density at radius 3 is 2.36 bits per heavy atom. The van der Waals surface area contributed by atoms with Gasteiger partial charge in [0.1, 0.15) is 11.6 Å². The maximum absolute atomic E-state index is 12.6. The summed E-state index contributed by atoms with van der Waals surface area (Å²) < 4.78 is 0. The summed E-state index contributed by atoms with van der Waals surface area (Å²) in [5, 5.41) is 25.0. The van der Waals surface area contributed by atoms with E-state index in [9.17, 15) is 15.3 Å². The zero-order valence-electron chi connectivity index (χ0n) is 15.4. The summed E-state index contributed by atoms with van der Waals surface area (Å²) in [7, 11) is 0. The Morgan fingerprint density at radius 2 is 1.75 bits per heavy atom. The van der Waals surface area contributed by atoms with Gasteiger partial charge in [-0.05, 0) is 43.7 Å². The number of hydrogen-bond acceptors (Lipinski definition) is 6. The molecule has 0 atom stereocenters. The minimum absolute atomic E-state index is 0.305. The fourth-order valence-corrected chi connectivity index (χ4v) is 3.19. The molecule has 0 bridgehead atoms. The second-order valence-electron chi connectivity index (χ2n) is 6.39. The highest BCUT2D eigenvalue weighted by Crippen LogP contribution is 2.37. The molecule has 0 spiro atoms. The van der Waals surface area contributed by atoms with Gasteiger partial charge in [0.25, 0.3) is 5.91 Å². The molecule has 2 heterocycles. The van der Waals surface area contributed by atoms with Gasteiger partial charge in [-0.15, -0.1) is 0 Å². The number of nitrogens with two attached hydrogens (primary N) is 1. The number of nitrogen functional groups attached to an aromatic ring is 1. The van der Waals surface area contributed by atoms with Gasteiger partial charge >= 0.3 is 0 Å². The van der Waals surface area contributed by atoms with Gasteiger partial charge < -0.3 is 16.4 Å². The number of rotatable bonds is 3. The lowest BCUT2D eigenvalue weighted by molar-refractivity contribution is 0.102. The Morgan fingerprint density at radius 1 is 1.11 bits per heavy atom. The lowest BCUT2D eigenvalue weighted by Crippen LogP contribution is -2.23. The molecule has 7 heteroatoms. The van der Waals surface area contributed by atoms with Gasteiger partial charge in [0, 0.05) is 17.0 Å². The van der Waals surface area contributed by atoms with Gasteiger partial charge in [0.2, 0.25) is 0 Å². The molecule has 1 aliphatic heterocycles. The lowest BCUT2D eigenvalue weighted by atomic mass is 9.81. The maximum Gasteiger partial charge on any atom is 0.256 e. The van der Waals surface area contributed by atoms with E-state index in [0.717, 1.165) is 0 Å². The van der Waals surface area contributed by atoms with Gasteiger partial charge in [-0.2, -0.15) is 10.5 Å². The quantitative estimate of drug-likeness (QED) is 0.761. The third-order valence-corrected chi connectivity index (χ3v) is 4.50. The van der Waals surface area contributed by atoms with Crippen molar-refractivity contribution in [3.8, 4) is 12.1 Å². The molecular formula is C21H18N6O. The number of anilines is 2. The zero-order valence-corrected chi connectivity index (χ0v) is 15.4. The number of dihydropyridines is 1. The van der Waals surface area contributed by atoms with Crippen LogP contribution >= 0.6 is 0 Å². The highest BCUT2D eigenvalue weighted by molar-refractivity contribution is 6.04. The summed E-state index contributed by atoms with van der Waals surface area (Å²) in [4.78, 5) is 16.7. The monoisotopic (exact) mass is 370 g/mol. The molecule has 2 aromatic rings. The van der Waals surface area contributed by atoms with Gasteiger partial charge in [0.15, 0.2) is 0 Å². The highest BCUT2D eigenvalue weighted by atomic mass is 16.1. The largest absolute Gasteiger partial charge is 0.384 e. The minimum atomic E-state index is -0.519. The van der Waals surface area contributed by atoms with E-state index in [4.69, 9.17) is 5.73 Å². The normalized spacial score (nSPS) is 14.1. The van der Waals surface area contributed by atoms with Crippen LogP contribution in [0.5, 0.6) is 0 Å². The van der Waals surface area contributed by atoms with Crippen LogP contribution in [0.15, 0.2) is 65.0 Å². The van der Waals surface area contributed by atoms with Gasteiger partial charge in [-0.25, -0.2) is 4.98 Å². The van der Waals surface area contributed by atoms with Crippen LogP contribution in [0.4, 0.5) is 11.6 Å². The molecule has 4 N–H and O–H groups in total. The number of nitriles is 2. The first-order chi connectivity index (χ1) is 13.4. The Kier molecular flexibility index (Phi) is 5.10. The van der Waals surface area contributed by atoms with E-state index in [1.54, 1.807) is 56.3 Å². The summed E-state index contributed by atoms with van der Waals surface area (Å²) in [5.74, 6) is -0.221. The van der Waals surface area contributed by atoms with Crippen molar-refractivity contribution in [1.82, 2.24) is 10.3 Å². The van der Waals surface area contributed by atoms with Crippen molar-refractivity contribution in [1.29, 1.82) is 10.5 Å². The molecule has 1 aromatic heterocycles. The SMILES string of the molecule is CC1=C(C#N)C(c2cccc(C(=O)Nc3cccc(N)n3)c2)C(C#N)=C(C)N1. The summed E-state index contributed by atoms with van der Waals surface area (Å²) >= 11 is 0. The Balaban J connectivity index is 1.98. The Hall–Kier alpha value is -4.10. The number of amides is 1. The van der Waals surface area contributed by atoms with Crippen LogP contribution in [0.3, 0.4) is 0 Å². The first-order valence-corrected chi connectivity index (χ1v) is 8.57. The predicted octanol–water partition coefficient (Wildman–Crippen LogP) is 3.20. The number of allylic oxidation sites excluding steroid dienone is 4. The molecule has 138 valence electrons. The summed E-state index contributed by atoms with van der Waals surface area (Å²) in [6.07, 6.45) is 0. The van der Waals surface area contributed by atoms with Crippen molar-refractivity contribution >= 4 is 17.5 Å². The smallest absolute Gasteiger partial charge is 0.256 e. The van der Waals surface area contributed by atoms with Crippen LogP contribution in [0, 0.1) is 22.7 Å². The van der Waals surface area contributed by atoms with Crippen molar-refractivity contribution in [2.75, 3.05) is 11.1 Å². The molecule has 1 amide bonds. The van der Waals surface area contributed by atoms with Crippen molar-refractivity contribution in [2.45, 2.75) is 19.8 Å². The fraction of sp³-hybridized carbons (Fsp3) is 0.143. The van der Waals surface area contributed by atoms with Crippen molar-refractivity contribution in [2.24, 2.45) is 0 Å². The molecule has 0 saturated heterocycles. The maximum atomic E-state index is 12.6. The molecular weight excluding hydrogens is 352 g/mol. The first kappa shape index (κ1) is 18.7. The molecule has 1 aliphatic rings. The molecule has 28 heavy (non-hydrogen) atoms. The summed E-state index contributed by atoms with van der Waals surface area (Å²) in [5.41, 5.74) is 9.04.